The van der Waals surface area contributed by atoms with E-state index in [0.717, 1.165) is 23.5 Å². The Morgan fingerprint density at radius 2 is 1.66 bits per heavy atom. The molecule has 0 radical (unpaired) electrons. The number of fused-ring (bicyclic) bond motifs is 1. The number of ether oxygens (including phenoxy) is 6. The van der Waals surface area contributed by atoms with E-state index in [2.05, 4.69) is 0 Å². The van der Waals surface area contributed by atoms with E-state index >= 15 is 0 Å². The average molecular weight is 521 g/mol. The van der Waals surface area contributed by atoms with Crippen LogP contribution in [0.25, 0.3) is 0 Å². The molecule has 5 rings (SSSR count). The summed E-state index contributed by atoms with van der Waals surface area (Å²) in [5.74, 6) is 3.07. The third-order valence-electron chi connectivity index (χ3n) is 6.66. The van der Waals surface area contributed by atoms with Crippen molar-refractivity contribution in [2.75, 3.05) is 46.2 Å². The fourth-order valence-corrected chi connectivity index (χ4v) is 8.61. The Bertz CT molecular complexity index is 1080. The molecular formula is C25H28O8S2. The summed E-state index contributed by atoms with van der Waals surface area (Å²) >= 11 is 3.60. The maximum absolute atomic E-state index is 13.1. The first-order valence-electron chi connectivity index (χ1n) is 11.3. The molecule has 2 fully saturated rings. The van der Waals surface area contributed by atoms with E-state index in [1.165, 1.54) is 21.3 Å². The van der Waals surface area contributed by atoms with E-state index in [1.54, 1.807) is 35.7 Å². The van der Waals surface area contributed by atoms with Gasteiger partial charge in [0.25, 0.3) is 0 Å². The third kappa shape index (κ3) is 4.15. The molecule has 3 heterocycles. The van der Waals surface area contributed by atoms with Gasteiger partial charge in [-0.05, 0) is 53.3 Å². The van der Waals surface area contributed by atoms with Crippen molar-refractivity contribution < 1.29 is 38.3 Å². The summed E-state index contributed by atoms with van der Waals surface area (Å²) < 4.78 is 32.6. The van der Waals surface area contributed by atoms with Gasteiger partial charge in [0, 0.05) is 5.92 Å². The molecule has 0 saturated carbocycles. The number of carbonyl (C=O) groups excluding carboxylic acids is 1. The second-order valence-corrected chi connectivity index (χ2v) is 11.4. The molecule has 0 amide bonds. The molecule has 0 spiro atoms. The van der Waals surface area contributed by atoms with Gasteiger partial charge in [-0.3, -0.25) is 4.79 Å². The van der Waals surface area contributed by atoms with Crippen molar-refractivity contribution in [3.63, 3.8) is 0 Å². The SMILES string of the molecule is COc1cc([C@@H](O)[C@H]2C(=O)OC[C@H]2C2(c3ccc4c(c3)OCO4)SCCCS2)cc(OC)c1OC. The van der Waals surface area contributed by atoms with Gasteiger partial charge in [-0.25, -0.2) is 0 Å². The molecule has 10 heteroatoms. The van der Waals surface area contributed by atoms with Gasteiger partial charge in [-0.15, -0.1) is 23.5 Å². The van der Waals surface area contributed by atoms with Gasteiger partial charge >= 0.3 is 5.97 Å². The lowest BCUT2D eigenvalue weighted by atomic mass is 9.82. The highest BCUT2D eigenvalue weighted by Gasteiger charge is 2.55. The van der Waals surface area contributed by atoms with E-state index in [9.17, 15) is 9.90 Å². The summed E-state index contributed by atoms with van der Waals surface area (Å²) in [6.07, 6.45) is -0.0544. The van der Waals surface area contributed by atoms with Crippen LogP contribution >= 0.6 is 23.5 Å². The van der Waals surface area contributed by atoms with Gasteiger partial charge < -0.3 is 33.5 Å². The van der Waals surface area contributed by atoms with Gasteiger partial charge in [0.15, 0.2) is 23.0 Å². The van der Waals surface area contributed by atoms with Crippen molar-refractivity contribution in [3.05, 3.63) is 41.5 Å². The van der Waals surface area contributed by atoms with Crippen molar-refractivity contribution in [1.82, 2.24) is 0 Å². The first-order chi connectivity index (χ1) is 17.0. The Morgan fingerprint density at radius 1 is 0.971 bits per heavy atom. The van der Waals surface area contributed by atoms with E-state index in [4.69, 9.17) is 28.4 Å². The summed E-state index contributed by atoms with van der Waals surface area (Å²) in [5, 5.41) is 11.6. The Kier molecular flexibility index (Phi) is 6.87. The maximum Gasteiger partial charge on any atom is 0.312 e. The smallest absolute Gasteiger partial charge is 0.312 e. The van der Waals surface area contributed by atoms with Crippen LogP contribution in [0.5, 0.6) is 28.7 Å². The summed E-state index contributed by atoms with van der Waals surface area (Å²) in [6.45, 7) is 0.416. The number of esters is 1. The highest BCUT2D eigenvalue weighted by atomic mass is 32.2. The number of carbonyl (C=O) groups is 1. The molecule has 0 bridgehead atoms. The zero-order valence-electron chi connectivity index (χ0n) is 19.8. The molecule has 2 aromatic carbocycles. The van der Waals surface area contributed by atoms with Crippen LogP contribution in [-0.2, 0) is 13.6 Å². The second-order valence-electron chi connectivity index (χ2n) is 8.45. The van der Waals surface area contributed by atoms with Crippen LogP contribution in [0.2, 0.25) is 0 Å². The topological polar surface area (TPSA) is 92.7 Å². The summed E-state index contributed by atoms with van der Waals surface area (Å²) in [5.41, 5.74) is 1.53. The molecule has 0 aromatic heterocycles. The number of hydrogen-bond acceptors (Lipinski definition) is 10. The molecule has 0 unspecified atom stereocenters. The van der Waals surface area contributed by atoms with Crippen molar-refractivity contribution in [3.8, 4) is 28.7 Å². The van der Waals surface area contributed by atoms with Crippen molar-refractivity contribution >= 4 is 29.5 Å². The Morgan fingerprint density at radius 3 is 2.31 bits per heavy atom. The minimum atomic E-state index is -1.13. The normalized spacial score (nSPS) is 23.5. The van der Waals surface area contributed by atoms with Crippen LogP contribution in [-0.4, -0.2) is 57.3 Å². The zero-order valence-corrected chi connectivity index (χ0v) is 21.4. The molecule has 3 aliphatic rings. The minimum absolute atomic E-state index is 0.194. The minimum Gasteiger partial charge on any atom is -0.493 e. The zero-order chi connectivity index (χ0) is 24.6. The molecular weight excluding hydrogens is 492 g/mol. The highest BCUT2D eigenvalue weighted by molar-refractivity contribution is 8.18. The Balaban J connectivity index is 1.56. The standard InChI is InChI=1S/C25H28O8S2/c1-28-19-9-14(10-20(29-2)23(19)30-3)22(26)21-16(12-31-24(21)27)25(34-7-4-8-35-25)15-5-6-17-18(11-15)33-13-32-17/h5-6,9-11,16,21-22,26H,4,7-8,12-13H2,1-3H3/t16-,21+,22-/m1/s1. The molecule has 0 aliphatic carbocycles. The van der Waals surface area contributed by atoms with Crippen LogP contribution in [0.4, 0.5) is 0 Å². The number of aliphatic hydroxyl groups is 1. The Hall–Kier alpha value is -2.43. The molecule has 3 atom stereocenters. The van der Waals surface area contributed by atoms with Gasteiger partial charge in [-0.1, -0.05) is 6.07 Å². The van der Waals surface area contributed by atoms with Gasteiger partial charge in [-0.2, -0.15) is 0 Å². The van der Waals surface area contributed by atoms with Gasteiger partial charge in [0.05, 0.1) is 44.0 Å². The van der Waals surface area contributed by atoms with Crippen molar-refractivity contribution in [2.24, 2.45) is 11.8 Å². The molecule has 3 aliphatic heterocycles. The fourth-order valence-electron chi connectivity index (χ4n) is 4.97. The molecule has 188 valence electrons. The quantitative estimate of drug-likeness (QED) is 0.540. The van der Waals surface area contributed by atoms with Crippen LogP contribution < -0.4 is 23.7 Å². The molecule has 2 aromatic rings. The summed E-state index contributed by atoms with van der Waals surface area (Å²) in [6, 6.07) is 9.31. The number of methoxy groups -OCH3 is 3. The average Bonchev–Trinajstić information content (AvgIpc) is 3.53. The van der Waals surface area contributed by atoms with E-state index < -0.39 is 22.1 Å². The highest BCUT2D eigenvalue weighted by Crippen LogP contribution is 2.61. The van der Waals surface area contributed by atoms with Crippen LogP contribution in [0.15, 0.2) is 30.3 Å². The lowest BCUT2D eigenvalue weighted by Crippen LogP contribution is -2.39. The van der Waals surface area contributed by atoms with Crippen LogP contribution in [0.1, 0.15) is 23.7 Å². The Labute approximate surface area is 212 Å². The fraction of sp³-hybridized carbons (Fsp3) is 0.480. The second kappa shape index (κ2) is 9.91. The van der Waals surface area contributed by atoms with Gasteiger partial charge in [0.2, 0.25) is 12.5 Å². The number of benzene rings is 2. The van der Waals surface area contributed by atoms with Gasteiger partial charge in [0.1, 0.15) is 0 Å². The third-order valence-corrected chi connectivity index (χ3v) is 10.3. The van der Waals surface area contributed by atoms with E-state index in [-0.39, 0.29) is 19.3 Å². The number of aliphatic hydroxyl groups excluding tert-OH is 1. The van der Waals surface area contributed by atoms with Crippen molar-refractivity contribution in [1.29, 1.82) is 0 Å². The monoisotopic (exact) mass is 520 g/mol. The van der Waals surface area contributed by atoms with E-state index in [0.29, 0.717) is 34.3 Å². The molecule has 2 saturated heterocycles. The summed E-state index contributed by atoms with van der Waals surface area (Å²) in [7, 11) is 4.56. The molecule has 1 N–H and O–H groups in total. The summed E-state index contributed by atoms with van der Waals surface area (Å²) in [4.78, 5) is 13.1. The number of rotatable bonds is 7. The van der Waals surface area contributed by atoms with E-state index in [1.807, 2.05) is 18.2 Å². The maximum atomic E-state index is 13.1. The number of hydrogen-bond donors (Lipinski definition) is 1. The van der Waals surface area contributed by atoms with Crippen molar-refractivity contribution in [2.45, 2.75) is 16.6 Å². The van der Waals surface area contributed by atoms with Crippen LogP contribution in [0, 0.1) is 11.8 Å². The first-order valence-corrected chi connectivity index (χ1v) is 13.3. The number of cyclic esters (lactones) is 1. The predicted octanol–water partition coefficient (Wildman–Crippen LogP) is 3.99. The lowest BCUT2D eigenvalue weighted by Gasteiger charge is -2.43. The first kappa shape index (κ1) is 24.3. The predicted molar refractivity (Wildman–Crippen MR) is 133 cm³/mol. The lowest BCUT2D eigenvalue weighted by molar-refractivity contribution is -0.144. The largest absolute Gasteiger partial charge is 0.493 e. The molecule has 35 heavy (non-hydrogen) atoms. The molecule has 8 nitrogen and oxygen atoms in total. The number of thioether (sulfide) groups is 2. The van der Waals surface area contributed by atoms with Crippen LogP contribution in [0.3, 0.4) is 0 Å².